The number of rotatable bonds is 7. The fraction of sp³-hybridized carbons (Fsp3) is 0.148. The van der Waals surface area contributed by atoms with Gasteiger partial charge in [0.15, 0.2) is 5.03 Å². The van der Waals surface area contributed by atoms with Crippen molar-refractivity contribution < 1.29 is 17.9 Å². The van der Waals surface area contributed by atoms with E-state index in [1.807, 2.05) is 63.2 Å². The van der Waals surface area contributed by atoms with Gasteiger partial charge in [0.05, 0.1) is 5.69 Å². The molecule has 2 heterocycles. The summed E-state index contributed by atoms with van der Waals surface area (Å²) in [6.45, 7) is 5.79. The Hall–Kier alpha value is -4.24. The maximum atomic E-state index is 13.2. The van der Waals surface area contributed by atoms with Crippen molar-refractivity contribution in [2.45, 2.75) is 25.8 Å². The van der Waals surface area contributed by atoms with E-state index in [1.165, 1.54) is 18.2 Å². The molecule has 184 valence electrons. The first-order valence-electron chi connectivity index (χ1n) is 11.2. The summed E-state index contributed by atoms with van der Waals surface area (Å²) in [4.78, 5) is 21.8. The lowest BCUT2D eigenvalue weighted by molar-refractivity contribution is 0.0978. The topological polar surface area (TPSA) is 110 Å². The summed E-state index contributed by atoms with van der Waals surface area (Å²) in [5.74, 6) is 0.0272. The molecule has 0 aliphatic heterocycles. The molecule has 2 aromatic carbocycles. The molecule has 8 nitrogen and oxygen atoms in total. The van der Waals surface area contributed by atoms with Crippen LogP contribution in [0, 0.1) is 20.8 Å². The third-order valence-electron chi connectivity index (χ3n) is 5.46. The van der Waals surface area contributed by atoms with Crippen LogP contribution in [0.15, 0.2) is 77.8 Å². The van der Waals surface area contributed by atoms with Gasteiger partial charge in [-0.3, -0.25) is 4.79 Å². The fourth-order valence-electron chi connectivity index (χ4n) is 3.82. The average molecular weight is 503 g/mol. The molecule has 0 aliphatic rings. The number of nitrogens with zero attached hydrogens (tertiary/aromatic N) is 2. The highest BCUT2D eigenvalue weighted by Crippen LogP contribution is 2.32. The van der Waals surface area contributed by atoms with Crippen LogP contribution in [0.1, 0.15) is 27.0 Å². The first-order valence-corrected chi connectivity index (χ1v) is 12.7. The predicted molar refractivity (Wildman–Crippen MR) is 139 cm³/mol. The van der Waals surface area contributed by atoms with Crippen LogP contribution in [-0.2, 0) is 10.0 Å². The van der Waals surface area contributed by atoms with E-state index in [0.29, 0.717) is 17.3 Å². The Morgan fingerprint density at radius 3 is 2.22 bits per heavy atom. The van der Waals surface area contributed by atoms with Crippen LogP contribution in [-0.4, -0.2) is 31.3 Å². The molecule has 0 atom stereocenters. The number of benzene rings is 2. The number of carbonyl (C=O) groups is 1. The van der Waals surface area contributed by atoms with Gasteiger partial charge in [-0.05, 0) is 56.2 Å². The second-order valence-electron chi connectivity index (χ2n) is 8.29. The third-order valence-corrected chi connectivity index (χ3v) is 6.69. The average Bonchev–Trinajstić information content (AvgIpc) is 2.86. The van der Waals surface area contributed by atoms with Gasteiger partial charge in [0, 0.05) is 12.6 Å². The summed E-state index contributed by atoms with van der Waals surface area (Å²) in [5, 5.41) is 2.49. The van der Waals surface area contributed by atoms with Crippen molar-refractivity contribution >= 4 is 21.7 Å². The highest BCUT2D eigenvalue weighted by Gasteiger charge is 2.25. The van der Waals surface area contributed by atoms with Gasteiger partial charge in [-0.25, -0.2) is 14.7 Å². The maximum absolute atomic E-state index is 13.2. The van der Waals surface area contributed by atoms with Crippen molar-refractivity contribution in [3.63, 3.8) is 0 Å². The molecule has 9 heteroatoms. The van der Waals surface area contributed by atoms with E-state index >= 15 is 0 Å². The van der Waals surface area contributed by atoms with Crippen LogP contribution in [0.4, 0.5) is 5.82 Å². The number of hydrogen-bond donors (Lipinski definition) is 2. The van der Waals surface area contributed by atoms with Crippen molar-refractivity contribution in [1.82, 2.24) is 14.7 Å². The molecule has 2 aromatic heterocycles. The SMILES string of the molecule is CNc1cccc(S(=O)(=O)NC(=O)c2ccc(-c3ccccc3)nc2Oc2c(C)cc(C)cc2C)n1. The van der Waals surface area contributed by atoms with E-state index < -0.39 is 15.9 Å². The van der Waals surface area contributed by atoms with Crippen molar-refractivity contribution in [1.29, 1.82) is 0 Å². The van der Waals surface area contributed by atoms with Gasteiger partial charge in [-0.15, -0.1) is 0 Å². The van der Waals surface area contributed by atoms with Crippen LogP contribution in [0.3, 0.4) is 0 Å². The predicted octanol–water partition coefficient (Wildman–Crippen LogP) is 5.02. The van der Waals surface area contributed by atoms with E-state index in [4.69, 9.17) is 4.74 Å². The third kappa shape index (κ3) is 5.36. The molecule has 4 rings (SSSR count). The highest BCUT2D eigenvalue weighted by atomic mass is 32.2. The number of carbonyl (C=O) groups excluding carboxylic acids is 1. The lowest BCUT2D eigenvalue weighted by Gasteiger charge is -2.16. The van der Waals surface area contributed by atoms with Crippen molar-refractivity contribution in [3.8, 4) is 22.9 Å². The van der Waals surface area contributed by atoms with Crippen LogP contribution in [0.25, 0.3) is 11.3 Å². The Bertz CT molecular complexity index is 1510. The molecule has 0 radical (unpaired) electrons. The molecule has 0 spiro atoms. The molecular formula is C27H26N4O4S. The second-order valence-corrected chi connectivity index (χ2v) is 9.92. The molecule has 0 fully saturated rings. The van der Waals surface area contributed by atoms with Crippen LogP contribution < -0.4 is 14.8 Å². The number of aromatic nitrogens is 2. The van der Waals surface area contributed by atoms with Gasteiger partial charge in [0.1, 0.15) is 17.1 Å². The fourth-order valence-corrected chi connectivity index (χ4v) is 4.75. The standard InChI is InChI=1S/C27H26N4O4S/c1-17-15-18(2)25(19(3)16-17)35-27-21(13-14-22(29-27)20-9-6-5-7-10-20)26(32)31-36(33,34)24-12-8-11-23(28-4)30-24/h5-16H,1-4H3,(H,28,30)(H,31,32). The normalized spacial score (nSPS) is 11.1. The number of aryl methyl sites for hydroxylation is 3. The van der Waals surface area contributed by atoms with Crippen molar-refractivity contribution in [2.75, 3.05) is 12.4 Å². The van der Waals surface area contributed by atoms with Crippen LogP contribution in [0.2, 0.25) is 0 Å². The minimum absolute atomic E-state index is 0.00367. The summed E-state index contributed by atoms with van der Waals surface area (Å²) >= 11 is 0. The number of pyridine rings is 2. The van der Waals surface area contributed by atoms with E-state index in [-0.39, 0.29) is 16.5 Å². The van der Waals surface area contributed by atoms with Gasteiger partial charge in [-0.1, -0.05) is 54.1 Å². The Morgan fingerprint density at radius 1 is 0.861 bits per heavy atom. The Kier molecular flexibility index (Phi) is 7.03. The molecule has 0 saturated carbocycles. The van der Waals surface area contributed by atoms with E-state index in [1.54, 1.807) is 19.2 Å². The van der Waals surface area contributed by atoms with Crippen molar-refractivity contribution in [3.05, 3.63) is 95.1 Å². The maximum Gasteiger partial charge on any atom is 0.281 e. The summed E-state index contributed by atoms with van der Waals surface area (Å²) in [6, 6.07) is 21.0. The lowest BCUT2D eigenvalue weighted by Crippen LogP contribution is -2.31. The van der Waals surface area contributed by atoms with Crippen molar-refractivity contribution in [2.24, 2.45) is 0 Å². The Morgan fingerprint density at radius 2 is 1.56 bits per heavy atom. The number of nitrogens with one attached hydrogen (secondary N) is 2. The van der Waals surface area contributed by atoms with E-state index in [0.717, 1.165) is 22.3 Å². The van der Waals surface area contributed by atoms with Gasteiger partial charge < -0.3 is 10.1 Å². The van der Waals surface area contributed by atoms with E-state index in [9.17, 15) is 13.2 Å². The van der Waals surface area contributed by atoms with Gasteiger partial charge in [0.25, 0.3) is 15.9 Å². The van der Waals surface area contributed by atoms with E-state index in [2.05, 4.69) is 20.0 Å². The largest absolute Gasteiger partial charge is 0.438 e. The van der Waals surface area contributed by atoms with Crippen LogP contribution in [0.5, 0.6) is 11.6 Å². The minimum Gasteiger partial charge on any atom is -0.438 e. The number of ether oxygens (including phenoxy) is 1. The Labute approximate surface area is 210 Å². The zero-order chi connectivity index (χ0) is 25.9. The van der Waals surface area contributed by atoms with Gasteiger partial charge in [0.2, 0.25) is 5.88 Å². The summed E-state index contributed by atoms with van der Waals surface area (Å²) in [7, 11) is -2.63. The smallest absolute Gasteiger partial charge is 0.281 e. The molecular weight excluding hydrogens is 476 g/mol. The summed E-state index contributed by atoms with van der Waals surface area (Å²) in [6.07, 6.45) is 0. The van der Waals surface area contributed by atoms with Crippen LogP contribution >= 0.6 is 0 Å². The molecule has 1 amide bonds. The highest BCUT2D eigenvalue weighted by molar-refractivity contribution is 7.90. The molecule has 0 saturated heterocycles. The first-order chi connectivity index (χ1) is 17.2. The monoisotopic (exact) mass is 502 g/mol. The zero-order valence-electron chi connectivity index (χ0n) is 20.4. The first kappa shape index (κ1) is 24.9. The quantitative estimate of drug-likeness (QED) is 0.365. The minimum atomic E-state index is -4.25. The molecule has 2 N–H and O–H groups in total. The molecule has 36 heavy (non-hydrogen) atoms. The van der Waals surface area contributed by atoms with Gasteiger partial charge >= 0.3 is 0 Å². The Balaban J connectivity index is 1.75. The molecule has 4 aromatic rings. The number of hydrogen-bond acceptors (Lipinski definition) is 7. The number of amides is 1. The molecule has 0 aliphatic carbocycles. The van der Waals surface area contributed by atoms with Gasteiger partial charge in [-0.2, -0.15) is 8.42 Å². The summed E-state index contributed by atoms with van der Waals surface area (Å²) < 4.78 is 34.1. The second kappa shape index (κ2) is 10.2. The summed E-state index contributed by atoms with van der Waals surface area (Å²) in [5.41, 5.74) is 4.19. The number of sulfonamides is 1. The molecule has 0 bridgehead atoms. The molecule has 0 unspecified atom stereocenters. The number of anilines is 1. The lowest BCUT2D eigenvalue weighted by atomic mass is 10.1. The zero-order valence-corrected chi connectivity index (χ0v) is 21.2.